The molecule has 0 amide bonds. The SMILES string of the molecule is Brc1cc2c(cc1CNC1CCN3CCCC3C1)OCO2. The van der Waals surface area contributed by atoms with E-state index in [1.807, 2.05) is 6.07 Å². The summed E-state index contributed by atoms with van der Waals surface area (Å²) in [7, 11) is 0. The van der Waals surface area contributed by atoms with Gasteiger partial charge in [0.25, 0.3) is 0 Å². The van der Waals surface area contributed by atoms with Gasteiger partial charge in [0, 0.05) is 23.1 Å². The van der Waals surface area contributed by atoms with Crippen molar-refractivity contribution >= 4 is 15.9 Å². The maximum absolute atomic E-state index is 5.47. The topological polar surface area (TPSA) is 33.7 Å². The van der Waals surface area contributed by atoms with Crippen molar-refractivity contribution in [1.82, 2.24) is 10.2 Å². The quantitative estimate of drug-likeness (QED) is 0.906. The molecular weight excluding hydrogens is 332 g/mol. The van der Waals surface area contributed by atoms with Crippen molar-refractivity contribution in [3.63, 3.8) is 0 Å². The molecule has 4 nitrogen and oxygen atoms in total. The van der Waals surface area contributed by atoms with Gasteiger partial charge in [-0.25, -0.2) is 0 Å². The second-order valence-corrected chi connectivity index (χ2v) is 7.09. The molecule has 2 saturated heterocycles. The number of fused-ring (bicyclic) bond motifs is 2. The fraction of sp³-hybridized carbons (Fsp3) is 0.625. The summed E-state index contributed by atoms with van der Waals surface area (Å²) in [6.45, 7) is 3.78. The highest BCUT2D eigenvalue weighted by atomic mass is 79.9. The van der Waals surface area contributed by atoms with Crippen molar-refractivity contribution in [2.75, 3.05) is 19.9 Å². The smallest absolute Gasteiger partial charge is 0.231 e. The third-order valence-electron chi connectivity index (χ3n) is 4.94. The number of rotatable bonds is 3. The monoisotopic (exact) mass is 352 g/mol. The Morgan fingerprint density at radius 3 is 2.95 bits per heavy atom. The Bertz CT molecular complexity index is 537. The highest BCUT2D eigenvalue weighted by Crippen LogP contribution is 2.37. The van der Waals surface area contributed by atoms with Crippen LogP contribution in [0.25, 0.3) is 0 Å². The summed E-state index contributed by atoms with van der Waals surface area (Å²) in [6.07, 6.45) is 5.32. The fourth-order valence-electron chi connectivity index (χ4n) is 3.76. The molecular formula is C16H21BrN2O2. The van der Waals surface area contributed by atoms with Gasteiger partial charge < -0.3 is 19.7 Å². The van der Waals surface area contributed by atoms with E-state index in [9.17, 15) is 0 Å². The molecule has 0 aliphatic carbocycles. The van der Waals surface area contributed by atoms with E-state index < -0.39 is 0 Å². The molecule has 2 unspecified atom stereocenters. The first-order chi connectivity index (χ1) is 10.3. The number of hydrogen-bond donors (Lipinski definition) is 1. The van der Waals surface area contributed by atoms with Crippen LogP contribution in [0.15, 0.2) is 16.6 Å². The van der Waals surface area contributed by atoms with Gasteiger partial charge in [-0.05, 0) is 56.5 Å². The Morgan fingerprint density at radius 1 is 1.19 bits per heavy atom. The molecule has 0 radical (unpaired) electrons. The zero-order valence-corrected chi connectivity index (χ0v) is 13.7. The second kappa shape index (κ2) is 5.78. The van der Waals surface area contributed by atoms with Crippen LogP contribution in [0.3, 0.4) is 0 Å². The van der Waals surface area contributed by atoms with Crippen molar-refractivity contribution in [3.8, 4) is 11.5 Å². The van der Waals surface area contributed by atoms with Crippen LogP contribution in [0.1, 0.15) is 31.2 Å². The molecule has 0 saturated carbocycles. The molecule has 1 aromatic carbocycles. The van der Waals surface area contributed by atoms with Crippen LogP contribution < -0.4 is 14.8 Å². The number of piperidine rings is 1. The third kappa shape index (κ3) is 2.79. The number of halogens is 1. The minimum absolute atomic E-state index is 0.332. The van der Waals surface area contributed by atoms with Gasteiger partial charge in [-0.1, -0.05) is 15.9 Å². The van der Waals surface area contributed by atoms with E-state index in [2.05, 4.69) is 32.2 Å². The van der Waals surface area contributed by atoms with E-state index in [0.717, 1.165) is 28.6 Å². The largest absolute Gasteiger partial charge is 0.454 e. The molecule has 3 aliphatic heterocycles. The summed E-state index contributed by atoms with van der Waals surface area (Å²) >= 11 is 3.64. The van der Waals surface area contributed by atoms with Gasteiger partial charge >= 0.3 is 0 Å². The number of benzene rings is 1. The first kappa shape index (κ1) is 13.9. The Hall–Kier alpha value is -0.780. The van der Waals surface area contributed by atoms with E-state index in [1.165, 1.54) is 44.3 Å². The zero-order chi connectivity index (χ0) is 14.2. The van der Waals surface area contributed by atoms with E-state index in [4.69, 9.17) is 9.47 Å². The van der Waals surface area contributed by atoms with Gasteiger partial charge in [0.05, 0.1) is 0 Å². The molecule has 0 spiro atoms. The number of nitrogens with one attached hydrogen (secondary N) is 1. The molecule has 114 valence electrons. The predicted molar refractivity (Wildman–Crippen MR) is 84.7 cm³/mol. The van der Waals surface area contributed by atoms with Gasteiger partial charge in [-0.3, -0.25) is 0 Å². The van der Waals surface area contributed by atoms with Crippen LogP contribution in [0, 0.1) is 0 Å². The Morgan fingerprint density at radius 2 is 2.05 bits per heavy atom. The molecule has 1 N–H and O–H groups in total. The second-order valence-electron chi connectivity index (χ2n) is 6.23. The van der Waals surface area contributed by atoms with E-state index in [-0.39, 0.29) is 0 Å². The minimum Gasteiger partial charge on any atom is -0.454 e. The van der Waals surface area contributed by atoms with Crippen molar-refractivity contribution in [3.05, 3.63) is 22.2 Å². The molecule has 0 bridgehead atoms. The number of ether oxygens (including phenoxy) is 2. The van der Waals surface area contributed by atoms with Crippen LogP contribution in [0.5, 0.6) is 11.5 Å². The molecule has 2 atom stereocenters. The van der Waals surface area contributed by atoms with E-state index in [0.29, 0.717) is 12.8 Å². The average molecular weight is 353 g/mol. The summed E-state index contributed by atoms with van der Waals surface area (Å²) in [5, 5.41) is 3.73. The lowest BCUT2D eigenvalue weighted by Crippen LogP contribution is -2.45. The average Bonchev–Trinajstić information content (AvgIpc) is 3.12. The highest BCUT2D eigenvalue weighted by Gasteiger charge is 2.31. The van der Waals surface area contributed by atoms with Crippen molar-refractivity contribution < 1.29 is 9.47 Å². The maximum Gasteiger partial charge on any atom is 0.231 e. The van der Waals surface area contributed by atoms with Crippen LogP contribution in [0.4, 0.5) is 0 Å². The lowest BCUT2D eigenvalue weighted by molar-refractivity contribution is 0.166. The van der Waals surface area contributed by atoms with Gasteiger partial charge in [-0.2, -0.15) is 0 Å². The molecule has 5 heteroatoms. The van der Waals surface area contributed by atoms with Crippen LogP contribution in [-0.2, 0) is 6.54 Å². The minimum atomic E-state index is 0.332. The standard InChI is InChI=1S/C16H21BrN2O2/c17-14-8-16-15(20-10-21-16)6-11(14)9-18-12-3-5-19-4-1-2-13(19)7-12/h6,8,12-13,18H,1-5,7,9-10H2. The summed E-state index contributed by atoms with van der Waals surface area (Å²) in [4.78, 5) is 2.66. The van der Waals surface area contributed by atoms with Gasteiger partial charge in [0.2, 0.25) is 6.79 Å². The van der Waals surface area contributed by atoms with Crippen molar-refractivity contribution in [1.29, 1.82) is 0 Å². The normalized spacial score (nSPS) is 27.9. The zero-order valence-electron chi connectivity index (χ0n) is 12.1. The first-order valence-corrected chi connectivity index (χ1v) is 8.64. The Kier molecular flexibility index (Phi) is 3.81. The fourth-order valence-corrected chi connectivity index (χ4v) is 4.22. The summed E-state index contributed by atoms with van der Waals surface area (Å²) in [6, 6.07) is 5.56. The summed E-state index contributed by atoms with van der Waals surface area (Å²) in [5.74, 6) is 1.70. The molecule has 0 aromatic heterocycles. The molecule has 4 rings (SSSR count). The Balaban J connectivity index is 1.38. The van der Waals surface area contributed by atoms with E-state index in [1.54, 1.807) is 0 Å². The van der Waals surface area contributed by atoms with Gasteiger partial charge in [-0.15, -0.1) is 0 Å². The van der Waals surface area contributed by atoms with Crippen molar-refractivity contribution in [2.45, 2.75) is 44.3 Å². The number of nitrogens with zero attached hydrogens (tertiary/aromatic N) is 1. The lowest BCUT2D eigenvalue weighted by Gasteiger charge is -2.35. The molecule has 2 fully saturated rings. The molecule has 3 heterocycles. The molecule has 1 aromatic rings. The van der Waals surface area contributed by atoms with Crippen molar-refractivity contribution in [2.24, 2.45) is 0 Å². The predicted octanol–water partition coefficient (Wildman–Crippen LogP) is 2.89. The summed E-state index contributed by atoms with van der Waals surface area (Å²) < 4.78 is 12.0. The van der Waals surface area contributed by atoms with E-state index >= 15 is 0 Å². The summed E-state index contributed by atoms with van der Waals surface area (Å²) in [5.41, 5.74) is 1.24. The maximum atomic E-state index is 5.47. The molecule has 21 heavy (non-hydrogen) atoms. The highest BCUT2D eigenvalue weighted by molar-refractivity contribution is 9.10. The van der Waals surface area contributed by atoms with Crippen LogP contribution >= 0.6 is 15.9 Å². The Labute approximate surface area is 133 Å². The molecule has 3 aliphatic rings. The van der Waals surface area contributed by atoms with Gasteiger partial charge in [0.15, 0.2) is 11.5 Å². The van der Waals surface area contributed by atoms with Gasteiger partial charge in [0.1, 0.15) is 0 Å². The lowest BCUT2D eigenvalue weighted by atomic mass is 9.97. The van der Waals surface area contributed by atoms with Crippen LogP contribution in [-0.4, -0.2) is 36.9 Å². The number of hydrogen-bond acceptors (Lipinski definition) is 4. The van der Waals surface area contributed by atoms with Crippen LogP contribution in [0.2, 0.25) is 0 Å². The first-order valence-electron chi connectivity index (χ1n) is 7.85. The third-order valence-corrected chi connectivity index (χ3v) is 5.68.